The van der Waals surface area contributed by atoms with Gasteiger partial charge in [0.1, 0.15) is 5.82 Å². The second kappa shape index (κ2) is 7.28. The molecule has 23 heavy (non-hydrogen) atoms. The van der Waals surface area contributed by atoms with Crippen LogP contribution in [0.1, 0.15) is 31.8 Å². The standard InChI is InChI=1S/C17H15FO4S/c1-11-8-14(6-7-15(11)18)16(19)10-23(22)9-12-2-4-13(5-3-12)17(20)21/h2-8H,9-10H2,1H3,(H,20,21). The minimum absolute atomic E-state index is 0.150. The number of carbonyl (C=O) groups excluding carboxylic acids is 1. The molecule has 0 saturated carbocycles. The maximum Gasteiger partial charge on any atom is 0.335 e. The van der Waals surface area contributed by atoms with Crippen LogP contribution in [0.15, 0.2) is 42.5 Å². The molecule has 2 aromatic rings. The number of Topliss-reactive ketones (excluding diaryl/α,β-unsaturated/α-hetero) is 1. The van der Waals surface area contributed by atoms with Crippen LogP contribution in [-0.2, 0) is 16.6 Å². The Kier molecular flexibility index (Phi) is 5.39. The monoisotopic (exact) mass is 334 g/mol. The number of carboxylic acids is 1. The second-order valence-electron chi connectivity index (χ2n) is 5.12. The van der Waals surface area contributed by atoms with Crippen molar-refractivity contribution in [2.75, 3.05) is 5.75 Å². The fourth-order valence-corrected chi connectivity index (χ4v) is 3.15. The van der Waals surface area contributed by atoms with Gasteiger partial charge in [0.15, 0.2) is 5.78 Å². The number of aromatic carboxylic acids is 1. The lowest BCUT2D eigenvalue weighted by atomic mass is 10.1. The Morgan fingerprint density at radius 3 is 2.26 bits per heavy atom. The molecule has 2 aromatic carbocycles. The largest absolute Gasteiger partial charge is 0.478 e. The van der Waals surface area contributed by atoms with Crippen molar-refractivity contribution in [2.45, 2.75) is 12.7 Å². The second-order valence-corrected chi connectivity index (χ2v) is 6.57. The summed E-state index contributed by atoms with van der Waals surface area (Å²) in [5.41, 5.74) is 1.54. The summed E-state index contributed by atoms with van der Waals surface area (Å²) in [7, 11) is -1.42. The highest BCUT2D eigenvalue weighted by atomic mass is 32.2. The molecule has 0 fully saturated rings. The Balaban J connectivity index is 1.99. The van der Waals surface area contributed by atoms with E-state index in [1.54, 1.807) is 19.1 Å². The molecule has 0 saturated heterocycles. The number of benzene rings is 2. The lowest BCUT2D eigenvalue weighted by molar-refractivity contribution is 0.0696. The normalized spacial score (nSPS) is 11.9. The van der Waals surface area contributed by atoms with E-state index in [9.17, 15) is 18.2 Å². The minimum Gasteiger partial charge on any atom is -0.478 e. The van der Waals surface area contributed by atoms with Crippen LogP contribution < -0.4 is 0 Å². The third-order valence-corrected chi connectivity index (χ3v) is 4.54. The summed E-state index contributed by atoms with van der Waals surface area (Å²) in [6.45, 7) is 1.56. The van der Waals surface area contributed by atoms with E-state index < -0.39 is 16.8 Å². The molecular weight excluding hydrogens is 319 g/mol. The molecule has 120 valence electrons. The average molecular weight is 334 g/mol. The number of halogens is 1. The van der Waals surface area contributed by atoms with Crippen molar-refractivity contribution in [3.05, 3.63) is 70.5 Å². The first-order chi connectivity index (χ1) is 10.9. The quantitative estimate of drug-likeness (QED) is 0.825. The molecule has 1 N–H and O–H groups in total. The van der Waals surface area contributed by atoms with Crippen molar-refractivity contribution in [3.63, 3.8) is 0 Å². The Hall–Kier alpha value is -2.34. The summed E-state index contributed by atoms with van der Waals surface area (Å²) < 4.78 is 25.3. The number of rotatable bonds is 6. The van der Waals surface area contributed by atoms with Crippen molar-refractivity contribution in [2.24, 2.45) is 0 Å². The average Bonchev–Trinajstić information content (AvgIpc) is 2.50. The number of hydrogen-bond acceptors (Lipinski definition) is 3. The number of hydrogen-bond donors (Lipinski definition) is 1. The number of carbonyl (C=O) groups is 2. The number of aryl methyl sites for hydroxylation is 1. The highest BCUT2D eigenvalue weighted by Gasteiger charge is 2.13. The molecule has 0 aliphatic carbocycles. The van der Waals surface area contributed by atoms with E-state index in [0.29, 0.717) is 16.7 Å². The van der Waals surface area contributed by atoms with Crippen LogP contribution in [0.4, 0.5) is 4.39 Å². The van der Waals surface area contributed by atoms with Gasteiger partial charge in [-0.25, -0.2) is 9.18 Å². The number of ketones is 1. The lowest BCUT2D eigenvalue weighted by Crippen LogP contribution is -2.13. The first-order valence-electron chi connectivity index (χ1n) is 6.83. The van der Waals surface area contributed by atoms with Crippen LogP contribution >= 0.6 is 0 Å². The summed E-state index contributed by atoms with van der Waals surface area (Å²) in [5, 5.41) is 8.81. The molecule has 0 amide bonds. The summed E-state index contributed by atoms with van der Waals surface area (Å²) in [5.74, 6) is -1.73. The molecular formula is C17H15FO4S. The predicted molar refractivity (Wildman–Crippen MR) is 85.6 cm³/mol. The molecule has 0 radical (unpaired) electrons. The first-order valence-corrected chi connectivity index (χ1v) is 8.32. The third-order valence-electron chi connectivity index (χ3n) is 3.30. The Morgan fingerprint density at radius 2 is 1.70 bits per heavy atom. The van der Waals surface area contributed by atoms with Crippen LogP contribution in [0, 0.1) is 12.7 Å². The third kappa shape index (κ3) is 4.56. The van der Waals surface area contributed by atoms with Crippen molar-refractivity contribution < 1.29 is 23.3 Å². The number of carboxylic acid groups (broad SMARTS) is 1. The van der Waals surface area contributed by atoms with Crippen molar-refractivity contribution in [1.82, 2.24) is 0 Å². The van der Waals surface area contributed by atoms with Crippen molar-refractivity contribution in [3.8, 4) is 0 Å². The van der Waals surface area contributed by atoms with Gasteiger partial charge in [-0.1, -0.05) is 12.1 Å². The molecule has 0 aliphatic rings. The van der Waals surface area contributed by atoms with Gasteiger partial charge in [0.25, 0.3) is 0 Å². The van der Waals surface area contributed by atoms with Crippen LogP contribution in [0.25, 0.3) is 0 Å². The van der Waals surface area contributed by atoms with Gasteiger partial charge in [0.05, 0.1) is 11.3 Å². The van der Waals surface area contributed by atoms with E-state index in [0.717, 1.165) is 0 Å². The molecule has 0 aromatic heterocycles. The molecule has 0 bridgehead atoms. The molecule has 2 rings (SSSR count). The van der Waals surface area contributed by atoms with E-state index in [-0.39, 0.29) is 28.7 Å². The van der Waals surface area contributed by atoms with E-state index in [2.05, 4.69) is 0 Å². The fourth-order valence-electron chi connectivity index (χ4n) is 2.03. The Bertz CT molecular complexity index is 769. The van der Waals surface area contributed by atoms with Gasteiger partial charge in [-0.05, 0) is 48.4 Å². The molecule has 4 nitrogen and oxygen atoms in total. The smallest absolute Gasteiger partial charge is 0.335 e. The van der Waals surface area contributed by atoms with Gasteiger partial charge in [0, 0.05) is 22.1 Å². The van der Waals surface area contributed by atoms with Crippen LogP contribution in [0.2, 0.25) is 0 Å². The molecule has 0 spiro atoms. The van der Waals surface area contributed by atoms with Crippen LogP contribution in [-0.4, -0.2) is 26.8 Å². The van der Waals surface area contributed by atoms with Gasteiger partial charge in [0.2, 0.25) is 0 Å². The highest BCUT2D eigenvalue weighted by molar-refractivity contribution is 7.85. The zero-order chi connectivity index (χ0) is 17.0. The predicted octanol–water partition coefficient (Wildman–Crippen LogP) is 2.96. The molecule has 0 aliphatic heterocycles. The maximum atomic E-state index is 13.2. The summed E-state index contributed by atoms with van der Waals surface area (Å²) in [6.07, 6.45) is 0. The van der Waals surface area contributed by atoms with E-state index in [1.807, 2.05) is 0 Å². The summed E-state index contributed by atoms with van der Waals surface area (Å²) in [4.78, 5) is 22.8. The highest BCUT2D eigenvalue weighted by Crippen LogP contribution is 2.12. The molecule has 0 heterocycles. The van der Waals surface area contributed by atoms with Gasteiger partial charge in [-0.15, -0.1) is 0 Å². The maximum absolute atomic E-state index is 13.2. The topological polar surface area (TPSA) is 71.4 Å². The Labute approximate surface area is 135 Å². The molecule has 1 unspecified atom stereocenters. The van der Waals surface area contributed by atoms with E-state index in [4.69, 9.17) is 5.11 Å². The van der Waals surface area contributed by atoms with Gasteiger partial charge in [-0.3, -0.25) is 9.00 Å². The van der Waals surface area contributed by atoms with Crippen molar-refractivity contribution in [1.29, 1.82) is 0 Å². The van der Waals surface area contributed by atoms with Gasteiger partial charge in [-0.2, -0.15) is 0 Å². The zero-order valence-electron chi connectivity index (χ0n) is 12.4. The Morgan fingerprint density at radius 1 is 1.09 bits per heavy atom. The van der Waals surface area contributed by atoms with Crippen LogP contribution in [0.3, 0.4) is 0 Å². The SMILES string of the molecule is Cc1cc(C(=O)CS(=O)Cc2ccc(C(=O)O)cc2)ccc1F. The first kappa shape index (κ1) is 17.0. The van der Waals surface area contributed by atoms with Crippen LogP contribution in [0.5, 0.6) is 0 Å². The minimum atomic E-state index is -1.42. The zero-order valence-corrected chi connectivity index (χ0v) is 13.2. The molecule has 6 heteroatoms. The summed E-state index contributed by atoms with van der Waals surface area (Å²) >= 11 is 0. The van der Waals surface area contributed by atoms with Crippen molar-refractivity contribution >= 4 is 22.6 Å². The lowest BCUT2D eigenvalue weighted by Gasteiger charge is -2.05. The van der Waals surface area contributed by atoms with E-state index in [1.165, 1.54) is 30.3 Å². The van der Waals surface area contributed by atoms with Gasteiger partial charge < -0.3 is 5.11 Å². The fraction of sp³-hybridized carbons (Fsp3) is 0.176. The summed E-state index contributed by atoms with van der Waals surface area (Å²) in [6, 6.07) is 10.1. The molecule has 1 atom stereocenters. The van der Waals surface area contributed by atoms with E-state index >= 15 is 0 Å². The van der Waals surface area contributed by atoms with Gasteiger partial charge >= 0.3 is 5.97 Å².